The number of hydrogen-bond donors (Lipinski definition) is 0. The topological polar surface area (TPSA) is 52.6 Å². The number of halogens is 2. The molecule has 0 heterocycles. The summed E-state index contributed by atoms with van der Waals surface area (Å²) in [6.07, 6.45) is 0. The van der Waals surface area contributed by atoms with Crippen molar-refractivity contribution in [3.05, 3.63) is 95.6 Å². The molecular weight excluding hydrogens is 342 g/mol. The van der Waals surface area contributed by atoms with Gasteiger partial charge in [0.25, 0.3) is 0 Å². The van der Waals surface area contributed by atoms with Gasteiger partial charge in [-0.15, -0.1) is 0 Å². The van der Waals surface area contributed by atoms with E-state index in [1.54, 1.807) is 0 Å². The molecule has 3 aromatic rings. The zero-order valence-corrected chi connectivity index (χ0v) is 13.3. The van der Waals surface area contributed by atoms with Crippen LogP contribution in [0.2, 0.25) is 0 Å². The third-order valence-electron chi connectivity index (χ3n) is 3.40. The van der Waals surface area contributed by atoms with Gasteiger partial charge in [-0.3, -0.25) is 0 Å². The van der Waals surface area contributed by atoms with Crippen LogP contribution in [0.4, 0.5) is 8.78 Å². The van der Waals surface area contributed by atoms with Crippen molar-refractivity contribution < 1.29 is 27.8 Å². The maximum atomic E-state index is 12.8. The van der Waals surface area contributed by atoms with E-state index in [1.165, 1.54) is 72.8 Å². The Labute approximate surface area is 147 Å². The Morgan fingerprint density at radius 3 is 1.15 bits per heavy atom. The van der Waals surface area contributed by atoms with Crippen LogP contribution in [0.5, 0.6) is 11.5 Å². The molecule has 6 heteroatoms. The summed E-state index contributed by atoms with van der Waals surface area (Å²) in [6, 6.07) is 15.7. The van der Waals surface area contributed by atoms with Gasteiger partial charge in [-0.25, -0.2) is 18.4 Å². The van der Waals surface area contributed by atoms with Crippen LogP contribution >= 0.6 is 0 Å². The Kier molecular flexibility index (Phi) is 5.03. The maximum Gasteiger partial charge on any atom is 0.343 e. The van der Waals surface area contributed by atoms with Crippen molar-refractivity contribution >= 4 is 11.9 Å². The lowest BCUT2D eigenvalue weighted by Gasteiger charge is -2.06. The van der Waals surface area contributed by atoms with E-state index in [4.69, 9.17) is 9.47 Å². The Bertz CT molecular complexity index is 839. The zero-order chi connectivity index (χ0) is 18.5. The predicted octanol–water partition coefficient (Wildman–Crippen LogP) is 4.40. The summed E-state index contributed by atoms with van der Waals surface area (Å²) >= 11 is 0. The van der Waals surface area contributed by atoms with E-state index in [9.17, 15) is 18.4 Å². The molecule has 26 heavy (non-hydrogen) atoms. The molecule has 3 aromatic carbocycles. The number of ether oxygens (including phenoxy) is 2. The molecular formula is C20H12F2O4. The third kappa shape index (κ3) is 4.30. The van der Waals surface area contributed by atoms with Gasteiger partial charge in [0.15, 0.2) is 0 Å². The number of benzene rings is 3. The molecule has 0 bridgehead atoms. The quantitative estimate of drug-likeness (QED) is 0.515. The second-order valence-electron chi connectivity index (χ2n) is 5.26. The van der Waals surface area contributed by atoms with Gasteiger partial charge in [0.05, 0.1) is 11.1 Å². The van der Waals surface area contributed by atoms with Crippen LogP contribution in [-0.2, 0) is 0 Å². The molecule has 0 spiro atoms. The van der Waals surface area contributed by atoms with E-state index in [-0.39, 0.29) is 22.6 Å². The summed E-state index contributed by atoms with van der Waals surface area (Å²) in [4.78, 5) is 24.1. The minimum Gasteiger partial charge on any atom is -0.423 e. The molecule has 0 saturated heterocycles. The lowest BCUT2D eigenvalue weighted by atomic mass is 10.1. The molecule has 0 fully saturated rings. The Morgan fingerprint density at radius 1 is 0.538 bits per heavy atom. The first-order chi connectivity index (χ1) is 12.5. The molecule has 0 aromatic heterocycles. The molecule has 0 aliphatic heterocycles. The first kappa shape index (κ1) is 17.3. The van der Waals surface area contributed by atoms with Crippen LogP contribution in [0, 0.1) is 11.6 Å². The fraction of sp³-hybridized carbons (Fsp3) is 0. The van der Waals surface area contributed by atoms with Crippen molar-refractivity contribution in [1.29, 1.82) is 0 Å². The van der Waals surface area contributed by atoms with E-state index in [1.807, 2.05) is 0 Å². The fourth-order valence-electron chi connectivity index (χ4n) is 2.08. The van der Waals surface area contributed by atoms with Crippen LogP contribution in [0.25, 0.3) is 0 Å². The third-order valence-corrected chi connectivity index (χ3v) is 3.40. The highest BCUT2D eigenvalue weighted by Gasteiger charge is 2.12. The smallest absolute Gasteiger partial charge is 0.343 e. The first-order valence-corrected chi connectivity index (χ1v) is 7.57. The number of carbonyl (C=O) groups is 2. The molecule has 0 unspecified atom stereocenters. The van der Waals surface area contributed by atoms with Gasteiger partial charge in [0.1, 0.15) is 23.1 Å². The maximum absolute atomic E-state index is 12.8. The number of rotatable bonds is 4. The van der Waals surface area contributed by atoms with Crippen LogP contribution in [0.15, 0.2) is 72.8 Å². The Morgan fingerprint density at radius 2 is 0.846 bits per heavy atom. The van der Waals surface area contributed by atoms with Crippen molar-refractivity contribution in [2.75, 3.05) is 0 Å². The predicted molar refractivity (Wildman–Crippen MR) is 89.2 cm³/mol. The lowest BCUT2D eigenvalue weighted by molar-refractivity contribution is 0.0720. The zero-order valence-electron chi connectivity index (χ0n) is 13.3. The van der Waals surface area contributed by atoms with Crippen molar-refractivity contribution in [3.8, 4) is 11.5 Å². The molecule has 0 aliphatic carbocycles. The average Bonchev–Trinajstić information content (AvgIpc) is 2.65. The molecule has 0 atom stereocenters. The highest BCUT2D eigenvalue weighted by atomic mass is 19.1. The molecule has 0 aliphatic rings. The minimum atomic E-state index is -0.643. The largest absolute Gasteiger partial charge is 0.423 e. The second kappa shape index (κ2) is 7.57. The van der Waals surface area contributed by atoms with E-state index in [2.05, 4.69) is 0 Å². The van der Waals surface area contributed by atoms with Crippen molar-refractivity contribution in [1.82, 2.24) is 0 Å². The molecule has 3 rings (SSSR count). The minimum absolute atomic E-state index is 0.205. The van der Waals surface area contributed by atoms with E-state index >= 15 is 0 Å². The van der Waals surface area contributed by atoms with Crippen LogP contribution in [0.3, 0.4) is 0 Å². The van der Waals surface area contributed by atoms with Crippen LogP contribution < -0.4 is 9.47 Å². The van der Waals surface area contributed by atoms with Crippen molar-refractivity contribution in [2.45, 2.75) is 0 Å². The first-order valence-electron chi connectivity index (χ1n) is 7.57. The van der Waals surface area contributed by atoms with Gasteiger partial charge in [-0.2, -0.15) is 0 Å². The van der Waals surface area contributed by atoms with Gasteiger partial charge in [0.2, 0.25) is 0 Å². The highest BCUT2D eigenvalue weighted by molar-refractivity contribution is 5.94. The Balaban J connectivity index is 1.65. The lowest BCUT2D eigenvalue weighted by Crippen LogP contribution is -2.11. The summed E-state index contributed by atoms with van der Waals surface area (Å²) in [5.41, 5.74) is 0.431. The SMILES string of the molecule is O=C(Oc1ccc(F)cc1)c1ccc(C(=O)Oc2ccc(F)cc2)cc1. The van der Waals surface area contributed by atoms with Gasteiger partial charge in [-0.1, -0.05) is 0 Å². The molecule has 0 saturated carbocycles. The van der Waals surface area contributed by atoms with Crippen LogP contribution in [-0.4, -0.2) is 11.9 Å². The number of esters is 2. The van der Waals surface area contributed by atoms with Gasteiger partial charge >= 0.3 is 11.9 Å². The molecule has 130 valence electrons. The fourth-order valence-corrected chi connectivity index (χ4v) is 2.08. The summed E-state index contributed by atoms with van der Waals surface area (Å²) in [7, 11) is 0. The number of hydrogen-bond acceptors (Lipinski definition) is 4. The van der Waals surface area contributed by atoms with Crippen LogP contribution in [0.1, 0.15) is 20.7 Å². The van der Waals surface area contributed by atoms with Crippen molar-refractivity contribution in [3.63, 3.8) is 0 Å². The summed E-state index contributed by atoms with van der Waals surface area (Å²) in [5.74, 6) is -1.75. The standard InChI is InChI=1S/C20H12F2O4/c21-15-5-9-17(10-6-15)25-19(23)13-1-2-14(4-3-13)20(24)26-18-11-7-16(22)8-12-18/h1-12H. The Hall–Kier alpha value is -3.54. The molecule has 0 N–H and O–H groups in total. The monoisotopic (exact) mass is 354 g/mol. The summed E-state index contributed by atoms with van der Waals surface area (Å²) in [6.45, 7) is 0. The molecule has 4 nitrogen and oxygen atoms in total. The van der Waals surface area contributed by atoms with E-state index in [0.717, 1.165) is 0 Å². The summed E-state index contributed by atoms with van der Waals surface area (Å²) < 4.78 is 35.9. The van der Waals surface area contributed by atoms with Gasteiger partial charge in [-0.05, 0) is 72.8 Å². The molecule has 0 radical (unpaired) electrons. The number of carbonyl (C=O) groups excluding carboxylic acids is 2. The van der Waals surface area contributed by atoms with E-state index in [0.29, 0.717) is 0 Å². The average molecular weight is 354 g/mol. The summed E-state index contributed by atoms with van der Waals surface area (Å²) in [5, 5.41) is 0. The highest BCUT2D eigenvalue weighted by Crippen LogP contribution is 2.16. The molecule has 0 amide bonds. The van der Waals surface area contributed by atoms with Gasteiger partial charge in [0, 0.05) is 0 Å². The van der Waals surface area contributed by atoms with Gasteiger partial charge < -0.3 is 9.47 Å². The normalized spacial score (nSPS) is 10.2. The van der Waals surface area contributed by atoms with Crippen molar-refractivity contribution in [2.24, 2.45) is 0 Å². The second-order valence-corrected chi connectivity index (χ2v) is 5.26. The van der Waals surface area contributed by atoms with E-state index < -0.39 is 23.6 Å².